The van der Waals surface area contributed by atoms with E-state index in [9.17, 15) is 4.39 Å². The van der Waals surface area contributed by atoms with Gasteiger partial charge in [0.1, 0.15) is 0 Å². The van der Waals surface area contributed by atoms with E-state index < -0.39 is 0 Å². The molecule has 0 amide bonds. The molecule has 0 bridgehead atoms. The van der Waals surface area contributed by atoms with Crippen molar-refractivity contribution in [2.24, 2.45) is 0 Å². The molecule has 1 aromatic heterocycles. The Balaban J connectivity index is 2.34. The highest BCUT2D eigenvalue weighted by atomic mass is 19.1. The number of nitrogens with one attached hydrogen (secondary N) is 1. The van der Waals surface area contributed by atoms with Gasteiger partial charge in [0.15, 0.2) is 11.6 Å². The van der Waals surface area contributed by atoms with Gasteiger partial charge < -0.3 is 10.1 Å². The van der Waals surface area contributed by atoms with Gasteiger partial charge in [-0.2, -0.15) is 0 Å². The first kappa shape index (κ1) is 15.4. The maximum Gasteiger partial charge on any atom is 0.165 e. The van der Waals surface area contributed by atoms with Crippen LogP contribution in [-0.4, -0.2) is 18.6 Å². The SMILES string of the molecule is CCNC(c1ccc(F)c(OC)c1)C(C)c1ccncc1. The maximum atomic E-state index is 13.6. The summed E-state index contributed by atoms with van der Waals surface area (Å²) in [5, 5.41) is 3.47. The topological polar surface area (TPSA) is 34.1 Å². The minimum atomic E-state index is -0.340. The van der Waals surface area contributed by atoms with Gasteiger partial charge in [-0.05, 0) is 41.9 Å². The van der Waals surface area contributed by atoms with Gasteiger partial charge in [-0.15, -0.1) is 0 Å². The molecule has 0 radical (unpaired) electrons. The molecule has 0 fully saturated rings. The summed E-state index contributed by atoms with van der Waals surface area (Å²) in [5.74, 6) is 0.175. The van der Waals surface area contributed by atoms with Gasteiger partial charge in [-0.25, -0.2) is 4.39 Å². The first-order chi connectivity index (χ1) is 10.2. The molecule has 0 aliphatic carbocycles. The second-order valence-electron chi connectivity index (χ2n) is 5.00. The Labute approximate surface area is 125 Å². The first-order valence-electron chi connectivity index (χ1n) is 7.14. The third-order valence-corrected chi connectivity index (χ3v) is 3.69. The molecule has 0 saturated heterocycles. The molecular formula is C17H21FN2O. The van der Waals surface area contributed by atoms with E-state index in [2.05, 4.69) is 24.1 Å². The molecule has 21 heavy (non-hydrogen) atoms. The highest BCUT2D eigenvalue weighted by Gasteiger charge is 2.21. The normalized spacial score (nSPS) is 13.7. The van der Waals surface area contributed by atoms with Gasteiger partial charge in [-0.1, -0.05) is 19.9 Å². The van der Waals surface area contributed by atoms with Crippen LogP contribution in [0.1, 0.15) is 36.9 Å². The highest BCUT2D eigenvalue weighted by molar-refractivity contribution is 5.34. The second kappa shape index (κ2) is 7.18. The van der Waals surface area contributed by atoms with Gasteiger partial charge in [0.05, 0.1) is 7.11 Å². The van der Waals surface area contributed by atoms with Crippen LogP contribution in [-0.2, 0) is 0 Å². The number of halogens is 1. The lowest BCUT2D eigenvalue weighted by Crippen LogP contribution is -2.25. The van der Waals surface area contributed by atoms with Crippen LogP contribution in [0.25, 0.3) is 0 Å². The molecular weight excluding hydrogens is 267 g/mol. The van der Waals surface area contributed by atoms with Crippen LogP contribution in [0.2, 0.25) is 0 Å². The summed E-state index contributed by atoms with van der Waals surface area (Å²) in [6.07, 6.45) is 3.58. The zero-order valence-corrected chi connectivity index (χ0v) is 12.6. The van der Waals surface area contributed by atoms with Crippen molar-refractivity contribution in [2.75, 3.05) is 13.7 Å². The molecule has 0 saturated carbocycles. The average Bonchev–Trinajstić information content (AvgIpc) is 2.53. The van der Waals surface area contributed by atoms with Crippen molar-refractivity contribution in [2.45, 2.75) is 25.8 Å². The molecule has 112 valence electrons. The summed E-state index contributed by atoms with van der Waals surface area (Å²) >= 11 is 0. The van der Waals surface area contributed by atoms with Crippen molar-refractivity contribution < 1.29 is 9.13 Å². The quantitative estimate of drug-likeness (QED) is 0.880. The Bertz CT molecular complexity index is 574. The second-order valence-corrected chi connectivity index (χ2v) is 5.00. The Kier molecular flexibility index (Phi) is 5.28. The van der Waals surface area contributed by atoms with Crippen LogP contribution in [0.15, 0.2) is 42.7 Å². The first-order valence-corrected chi connectivity index (χ1v) is 7.14. The number of methoxy groups -OCH3 is 1. The number of hydrogen-bond donors (Lipinski definition) is 1. The Morgan fingerprint density at radius 2 is 1.90 bits per heavy atom. The minimum Gasteiger partial charge on any atom is -0.494 e. The fourth-order valence-electron chi connectivity index (χ4n) is 2.53. The number of ether oxygens (including phenoxy) is 1. The lowest BCUT2D eigenvalue weighted by atomic mass is 9.89. The van der Waals surface area contributed by atoms with Gasteiger partial charge in [0.2, 0.25) is 0 Å². The zero-order valence-electron chi connectivity index (χ0n) is 12.6. The smallest absolute Gasteiger partial charge is 0.165 e. The van der Waals surface area contributed by atoms with Crippen LogP contribution >= 0.6 is 0 Å². The van der Waals surface area contributed by atoms with Crippen LogP contribution in [0.5, 0.6) is 5.75 Å². The summed E-state index contributed by atoms with van der Waals surface area (Å²) in [7, 11) is 1.48. The van der Waals surface area contributed by atoms with Crippen molar-refractivity contribution in [3.63, 3.8) is 0 Å². The number of aromatic nitrogens is 1. The van der Waals surface area contributed by atoms with Gasteiger partial charge in [-0.3, -0.25) is 4.98 Å². The predicted octanol–water partition coefficient (Wildman–Crippen LogP) is 3.68. The maximum absolute atomic E-state index is 13.6. The number of pyridine rings is 1. The van der Waals surface area contributed by atoms with Crippen molar-refractivity contribution in [3.8, 4) is 5.75 Å². The Morgan fingerprint density at radius 3 is 2.52 bits per heavy atom. The standard InChI is InChI=1S/C17H21FN2O/c1-4-20-17(12(2)13-7-9-19-10-8-13)14-5-6-15(18)16(11-14)21-3/h5-12,17,20H,4H2,1-3H3. The van der Waals surface area contributed by atoms with E-state index in [4.69, 9.17) is 4.74 Å². The molecule has 2 aromatic rings. The Hall–Kier alpha value is -1.94. The predicted molar refractivity (Wildman–Crippen MR) is 82.0 cm³/mol. The highest BCUT2D eigenvalue weighted by Crippen LogP contribution is 2.32. The monoisotopic (exact) mass is 288 g/mol. The summed E-state index contributed by atoms with van der Waals surface area (Å²) in [6, 6.07) is 9.14. The number of benzene rings is 1. The molecule has 2 unspecified atom stereocenters. The van der Waals surface area contributed by atoms with Crippen LogP contribution in [0.4, 0.5) is 4.39 Å². The molecule has 2 atom stereocenters. The Morgan fingerprint density at radius 1 is 1.19 bits per heavy atom. The van der Waals surface area contributed by atoms with Crippen molar-refractivity contribution in [3.05, 3.63) is 59.7 Å². The lowest BCUT2D eigenvalue weighted by molar-refractivity contribution is 0.383. The van der Waals surface area contributed by atoms with Gasteiger partial charge >= 0.3 is 0 Å². The molecule has 3 nitrogen and oxygen atoms in total. The largest absolute Gasteiger partial charge is 0.494 e. The van der Waals surface area contributed by atoms with Crippen molar-refractivity contribution >= 4 is 0 Å². The van der Waals surface area contributed by atoms with E-state index in [0.29, 0.717) is 0 Å². The number of hydrogen-bond acceptors (Lipinski definition) is 3. The minimum absolute atomic E-state index is 0.0897. The number of likely N-dealkylation sites (N-methyl/N-ethyl adjacent to an activating group) is 1. The molecule has 0 spiro atoms. The summed E-state index contributed by atoms with van der Waals surface area (Å²) in [5.41, 5.74) is 2.21. The summed E-state index contributed by atoms with van der Waals surface area (Å²) in [4.78, 5) is 4.05. The van der Waals surface area contributed by atoms with E-state index in [1.165, 1.54) is 18.7 Å². The number of rotatable bonds is 6. The fraction of sp³-hybridized carbons (Fsp3) is 0.353. The molecule has 2 rings (SSSR count). The average molecular weight is 288 g/mol. The van der Waals surface area contributed by atoms with Crippen LogP contribution in [0.3, 0.4) is 0 Å². The molecule has 1 N–H and O–H groups in total. The molecule has 0 aliphatic rings. The van der Waals surface area contributed by atoms with E-state index in [1.54, 1.807) is 18.5 Å². The molecule has 0 aliphatic heterocycles. The van der Waals surface area contributed by atoms with Crippen molar-refractivity contribution in [1.82, 2.24) is 10.3 Å². The zero-order chi connectivity index (χ0) is 15.2. The van der Waals surface area contributed by atoms with E-state index in [0.717, 1.165) is 12.1 Å². The van der Waals surface area contributed by atoms with Gasteiger partial charge in [0.25, 0.3) is 0 Å². The molecule has 1 heterocycles. The van der Waals surface area contributed by atoms with Crippen LogP contribution < -0.4 is 10.1 Å². The van der Waals surface area contributed by atoms with Gasteiger partial charge in [0, 0.05) is 24.4 Å². The van der Waals surface area contributed by atoms with Crippen molar-refractivity contribution in [1.29, 1.82) is 0 Å². The third kappa shape index (κ3) is 3.58. The molecule has 4 heteroatoms. The lowest BCUT2D eigenvalue weighted by Gasteiger charge is -2.26. The van der Waals surface area contributed by atoms with E-state index in [-0.39, 0.29) is 23.5 Å². The van der Waals surface area contributed by atoms with E-state index >= 15 is 0 Å². The van der Waals surface area contributed by atoms with Crippen LogP contribution in [0, 0.1) is 5.82 Å². The third-order valence-electron chi connectivity index (χ3n) is 3.69. The number of nitrogens with zero attached hydrogens (tertiary/aromatic N) is 1. The molecule has 1 aromatic carbocycles. The fourth-order valence-corrected chi connectivity index (χ4v) is 2.53. The van der Waals surface area contributed by atoms with E-state index in [1.807, 2.05) is 18.2 Å². The summed E-state index contributed by atoms with van der Waals surface area (Å²) < 4.78 is 18.7. The summed E-state index contributed by atoms with van der Waals surface area (Å²) in [6.45, 7) is 5.05.